The third kappa shape index (κ3) is 3.32. The standard InChI is InChI=1S/C18H20ClF2N5O2/c1-10-5-11(19)14(22-6-10)9-25-18(28)26-15(3-2-4-16(26)23-25)17(27)24-7-12(20)13(21)8-24/h5-6,12-13,15H,2-4,7-9H2,1H3/t12-,13+,15-/m0/s1. The molecule has 0 bridgehead atoms. The van der Waals surface area contributed by atoms with Crippen LogP contribution in [-0.4, -0.2) is 55.6 Å². The van der Waals surface area contributed by atoms with Crippen molar-refractivity contribution in [1.82, 2.24) is 24.2 Å². The van der Waals surface area contributed by atoms with Crippen LogP contribution in [0.4, 0.5) is 8.78 Å². The van der Waals surface area contributed by atoms with Gasteiger partial charge in [-0.2, -0.15) is 5.10 Å². The van der Waals surface area contributed by atoms with Gasteiger partial charge in [-0.25, -0.2) is 18.3 Å². The molecule has 0 aromatic carbocycles. The number of aryl methyl sites for hydroxylation is 2. The van der Waals surface area contributed by atoms with Gasteiger partial charge in [-0.3, -0.25) is 14.3 Å². The number of fused-ring (bicyclic) bond motifs is 1. The summed E-state index contributed by atoms with van der Waals surface area (Å²) in [7, 11) is 0. The van der Waals surface area contributed by atoms with Crippen LogP contribution in [-0.2, 0) is 17.8 Å². The number of carbonyl (C=O) groups excluding carboxylic acids is 1. The lowest BCUT2D eigenvalue weighted by Gasteiger charge is -2.26. The number of halogens is 3. The van der Waals surface area contributed by atoms with Crippen molar-refractivity contribution in [3.05, 3.63) is 44.9 Å². The Bertz CT molecular complexity index is 965. The number of carbonyl (C=O) groups is 1. The SMILES string of the molecule is Cc1cnc(Cn2nc3n(c2=O)[C@H](C(=O)N2C[C@@H](F)[C@@H](F)C2)CCC3)c(Cl)c1. The van der Waals surface area contributed by atoms with E-state index in [0.717, 1.165) is 10.5 Å². The minimum absolute atomic E-state index is 0.0850. The molecule has 0 aliphatic carbocycles. The summed E-state index contributed by atoms with van der Waals surface area (Å²) in [6, 6.07) is 0.967. The molecule has 2 aliphatic heterocycles. The Morgan fingerprint density at radius 2 is 2.04 bits per heavy atom. The molecule has 10 heteroatoms. The molecule has 3 atom stereocenters. The molecular weight excluding hydrogens is 392 g/mol. The van der Waals surface area contributed by atoms with Crippen LogP contribution in [0, 0.1) is 6.92 Å². The molecule has 1 saturated heterocycles. The highest BCUT2D eigenvalue weighted by Gasteiger charge is 2.40. The minimum Gasteiger partial charge on any atom is -0.335 e. The predicted molar refractivity (Wildman–Crippen MR) is 97.9 cm³/mol. The normalized spacial score (nSPS) is 24.4. The van der Waals surface area contributed by atoms with Crippen molar-refractivity contribution in [3.8, 4) is 0 Å². The fourth-order valence-electron chi connectivity index (χ4n) is 3.80. The molecule has 0 radical (unpaired) electrons. The van der Waals surface area contributed by atoms with Gasteiger partial charge in [0.15, 0.2) is 12.3 Å². The van der Waals surface area contributed by atoms with Crippen LogP contribution >= 0.6 is 11.6 Å². The number of hydrogen-bond donors (Lipinski definition) is 0. The quantitative estimate of drug-likeness (QED) is 0.772. The number of pyridine rings is 1. The molecule has 150 valence electrons. The van der Waals surface area contributed by atoms with Crippen LogP contribution in [0.25, 0.3) is 0 Å². The zero-order valence-electron chi connectivity index (χ0n) is 15.3. The number of likely N-dealkylation sites (tertiary alicyclic amines) is 1. The summed E-state index contributed by atoms with van der Waals surface area (Å²) in [6.07, 6.45) is -0.0444. The van der Waals surface area contributed by atoms with Gasteiger partial charge in [0.1, 0.15) is 11.9 Å². The van der Waals surface area contributed by atoms with E-state index in [2.05, 4.69) is 10.1 Å². The van der Waals surface area contributed by atoms with Crippen LogP contribution in [0.5, 0.6) is 0 Å². The van der Waals surface area contributed by atoms with Crippen LogP contribution < -0.4 is 5.69 Å². The fourth-order valence-corrected chi connectivity index (χ4v) is 4.08. The molecule has 1 fully saturated rings. The van der Waals surface area contributed by atoms with Crippen molar-refractivity contribution in [2.75, 3.05) is 13.1 Å². The average molecular weight is 412 g/mol. The number of hydrogen-bond acceptors (Lipinski definition) is 4. The van der Waals surface area contributed by atoms with Crippen molar-refractivity contribution < 1.29 is 13.6 Å². The van der Waals surface area contributed by atoms with Gasteiger partial charge in [0.25, 0.3) is 0 Å². The molecule has 2 aliphatic rings. The first-order valence-corrected chi connectivity index (χ1v) is 9.59. The molecule has 4 rings (SSSR count). The molecule has 0 spiro atoms. The fraction of sp³-hybridized carbons (Fsp3) is 0.556. The molecule has 0 saturated carbocycles. The van der Waals surface area contributed by atoms with Gasteiger partial charge in [-0.05, 0) is 31.4 Å². The van der Waals surface area contributed by atoms with Crippen LogP contribution in [0.3, 0.4) is 0 Å². The first-order valence-electron chi connectivity index (χ1n) is 9.21. The topological polar surface area (TPSA) is 73.0 Å². The third-order valence-electron chi connectivity index (χ3n) is 5.26. The maximum atomic E-state index is 13.5. The van der Waals surface area contributed by atoms with Crippen molar-refractivity contribution in [2.45, 2.75) is 51.1 Å². The lowest BCUT2D eigenvalue weighted by atomic mass is 10.0. The highest BCUT2D eigenvalue weighted by Crippen LogP contribution is 2.27. The summed E-state index contributed by atoms with van der Waals surface area (Å²) in [6.45, 7) is 1.39. The summed E-state index contributed by atoms with van der Waals surface area (Å²) >= 11 is 6.21. The van der Waals surface area contributed by atoms with E-state index in [0.29, 0.717) is 35.8 Å². The molecule has 28 heavy (non-hydrogen) atoms. The predicted octanol–water partition coefficient (Wildman–Crippen LogP) is 1.85. The Morgan fingerprint density at radius 3 is 2.71 bits per heavy atom. The van der Waals surface area contributed by atoms with Gasteiger partial charge < -0.3 is 4.90 Å². The lowest BCUT2D eigenvalue weighted by Crippen LogP contribution is -2.42. The summed E-state index contributed by atoms with van der Waals surface area (Å²) in [4.78, 5) is 31.2. The van der Waals surface area contributed by atoms with Gasteiger partial charge in [-0.15, -0.1) is 0 Å². The Labute approximate surface area is 164 Å². The van der Waals surface area contributed by atoms with E-state index >= 15 is 0 Å². The Morgan fingerprint density at radius 1 is 1.32 bits per heavy atom. The van der Waals surface area contributed by atoms with Gasteiger partial charge >= 0.3 is 5.69 Å². The maximum Gasteiger partial charge on any atom is 0.347 e. The highest BCUT2D eigenvalue weighted by molar-refractivity contribution is 6.31. The first kappa shape index (κ1) is 19.0. The van der Waals surface area contributed by atoms with Gasteiger partial charge in [0.2, 0.25) is 5.91 Å². The smallest absolute Gasteiger partial charge is 0.335 e. The number of amides is 1. The van der Waals surface area contributed by atoms with Gasteiger partial charge in [-0.1, -0.05) is 11.6 Å². The Kier molecular flexibility index (Phi) is 4.95. The summed E-state index contributed by atoms with van der Waals surface area (Å²) in [5.74, 6) is 0.0579. The van der Waals surface area contributed by atoms with E-state index in [-0.39, 0.29) is 19.6 Å². The Balaban J connectivity index is 1.63. The number of nitrogens with zero attached hydrogens (tertiary/aromatic N) is 5. The lowest BCUT2D eigenvalue weighted by molar-refractivity contribution is -0.134. The van der Waals surface area contributed by atoms with E-state index in [1.165, 1.54) is 9.25 Å². The van der Waals surface area contributed by atoms with Crippen molar-refractivity contribution in [2.24, 2.45) is 0 Å². The molecule has 4 heterocycles. The summed E-state index contributed by atoms with van der Waals surface area (Å²) < 4.78 is 29.6. The summed E-state index contributed by atoms with van der Waals surface area (Å²) in [5, 5.41) is 4.78. The monoisotopic (exact) mass is 411 g/mol. The van der Waals surface area contributed by atoms with Gasteiger partial charge in [0, 0.05) is 12.6 Å². The van der Waals surface area contributed by atoms with Crippen molar-refractivity contribution >= 4 is 17.5 Å². The second-order valence-corrected chi connectivity index (χ2v) is 7.76. The van der Waals surface area contributed by atoms with Crippen LogP contribution in [0.15, 0.2) is 17.1 Å². The van der Waals surface area contributed by atoms with Crippen molar-refractivity contribution in [3.63, 3.8) is 0 Å². The van der Waals surface area contributed by atoms with Gasteiger partial charge in [0.05, 0.1) is 30.4 Å². The maximum absolute atomic E-state index is 13.5. The average Bonchev–Trinajstić information content (AvgIpc) is 3.16. The van der Waals surface area contributed by atoms with E-state index < -0.39 is 30.0 Å². The number of aromatic nitrogens is 4. The highest BCUT2D eigenvalue weighted by atomic mass is 35.5. The zero-order valence-corrected chi connectivity index (χ0v) is 16.1. The zero-order chi connectivity index (χ0) is 20.0. The van der Waals surface area contributed by atoms with E-state index in [9.17, 15) is 18.4 Å². The number of rotatable bonds is 3. The second kappa shape index (κ2) is 7.27. The first-order chi connectivity index (χ1) is 13.3. The third-order valence-corrected chi connectivity index (χ3v) is 5.59. The molecular formula is C18H20ClF2N5O2. The number of alkyl halides is 2. The minimum atomic E-state index is -1.68. The van der Waals surface area contributed by atoms with E-state index in [1.54, 1.807) is 12.3 Å². The molecule has 0 N–H and O–H groups in total. The van der Waals surface area contributed by atoms with E-state index in [1.807, 2.05) is 6.92 Å². The molecule has 2 aromatic heterocycles. The molecule has 0 unspecified atom stereocenters. The molecule has 1 amide bonds. The molecule has 2 aromatic rings. The largest absolute Gasteiger partial charge is 0.347 e. The van der Waals surface area contributed by atoms with Crippen molar-refractivity contribution in [1.29, 1.82) is 0 Å². The second-order valence-electron chi connectivity index (χ2n) is 7.35. The Hall–Kier alpha value is -2.29. The van der Waals surface area contributed by atoms with Crippen LogP contribution in [0.1, 0.15) is 36.0 Å². The van der Waals surface area contributed by atoms with E-state index in [4.69, 9.17) is 11.6 Å². The summed E-state index contributed by atoms with van der Waals surface area (Å²) in [5.41, 5.74) is 0.964. The molecule has 7 nitrogen and oxygen atoms in total. The van der Waals surface area contributed by atoms with Crippen LogP contribution in [0.2, 0.25) is 5.02 Å².